The highest BCUT2D eigenvalue weighted by molar-refractivity contribution is 7.16. The van der Waals surface area contributed by atoms with Crippen LogP contribution in [-0.4, -0.2) is 35.9 Å². The highest BCUT2D eigenvalue weighted by Crippen LogP contribution is 2.35. The van der Waals surface area contributed by atoms with Gasteiger partial charge < -0.3 is 0 Å². The minimum absolute atomic E-state index is 0.251. The molecular weight excluding hydrogens is 374 g/mol. The molecule has 1 amide bonds. The van der Waals surface area contributed by atoms with Gasteiger partial charge in [0.2, 0.25) is 0 Å². The van der Waals surface area contributed by atoms with Gasteiger partial charge in [-0.2, -0.15) is 4.68 Å². The van der Waals surface area contributed by atoms with Gasteiger partial charge in [0.1, 0.15) is 5.69 Å². The molecular formula is C19H17N7OS. The average Bonchev–Trinajstić information content (AvgIpc) is 3.37. The summed E-state index contributed by atoms with van der Waals surface area (Å²) in [6.45, 7) is 4.18. The fraction of sp³-hybridized carbons (Fsp3) is 0.158. The minimum atomic E-state index is -0.354. The summed E-state index contributed by atoms with van der Waals surface area (Å²) in [5.41, 5.74) is 1.84. The summed E-state index contributed by atoms with van der Waals surface area (Å²) in [5, 5.41) is 11.2. The number of amides is 1. The normalized spacial score (nSPS) is 11.0. The first-order chi connectivity index (χ1) is 13.6. The van der Waals surface area contributed by atoms with Crippen molar-refractivity contribution in [3.8, 4) is 17.2 Å². The number of anilines is 1. The molecule has 4 aromatic rings. The Balaban J connectivity index is 1.64. The van der Waals surface area contributed by atoms with Crippen molar-refractivity contribution in [2.45, 2.75) is 19.8 Å². The Morgan fingerprint density at radius 2 is 1.89 bits per heavy atom. The third-order valence-electron chi connectivity index (χ3n) is 3.95. The van der Waals surface area contributed by atoms with Crippen LogP contribution in [0, 0.1) is 0 Å². The predicted molar refractivity (Wildman–Crippen MR) is 107 cm³/mol. The zero-order chi connectivity index (χ0) is 19.5. The Morgan fingerprint density at radius 3 is 2.57 bits per heavy atom. The fourth-order valence-electron chi connectivity index (χ4n) is 2.66. The zero-order valence-electron chi connectivity index (χ0n) is 15.3. The summed E-state index contributed by atoms with van der Waals surface area (Å²) in [7, 11) is 0. The smallest absolute Gasteiger partial charge is 0.277 e. The van der Waals surface area contributed by atoms with E-state index in [-0.39, 0.29) is 17.5 Å². The number of pyridine rings is 2. The van der Waals surface area contributed by atoms with Crippen molar-refractivity contribution >= 4 is 22.4 Å². The van der Waals surface area contributed by atoms with Crippen LogP contribution in [0.15, 0.2) is 55.0 Å². The average molecular weight is 391 g/mol. The van der Waals surface area contributed by atoms with Crippen molar-refractivity contribution in [2.24, 2.45) is 0 Å². The summed E-state index contributed by atoms with van der Waals surface area (Å²) < 4.78 is 1.39. The van der Waals surface area contributed by atoms with Gasteiger partial charge in [0.15, 0.2) is 16.6 Å². The molecule has 4 rings (SSSR count). The van der Waals surface area contributed by atoms with Gasteiger partial charge in [0.05, 0.1) is 11.9 Å². The van der Waals surface area contributed by atoms with E-state index in [0.717, 1.165) is 16.3 Å². The van der Waals surface area contributed by atoms with E-state index in [2.05, 4.69) is 44.4 Å². The second-order valence-electron chi connectivity index (χ2n) is 6.27. The molecule has 0 aliphatic heterocycles. The number of nitrogens with zero attached hydrogens (tertiary/aromatic N) is 6. The first kappa shape index (κ1) is 17.9. The Morgan fingerprint density at radius 1 is 1.11 bits per heavy atom. The standard InChI is InChI=1S/C19H17N7OS/c1-12(2)17-16(13-7-3-5-9-20-13)23-19(28-17)24-18(27)14-11-22-25-26(14)15-8-4-6-10-21-15/h3-12H,1-2H3,(H,23,24,27). The van der Waals surface area contributed by atoms with Crippen molar-refractivity contribution in [3.05, 3.63) is 65.6 Å². The molecule has 28 heavy (non-hydrogen) atoms. The third kappa shape index (κ3) is 3.52. The van der Waals surface area contributed by atoms with Crippen molar-refractivity contribution in [2.75, 3.05) is 5.32 Å². The van der Waals surface area contributed by atoms with E-state index >= 15 is 0 Å². The molecule has 1 N–H and O–H groups in total. The zero-order valence-corrected chi connectivity index (χ0v) is 16.1. The second-order valence-corrected chi connectivity index (χ2v) is 7.31. The molecule has 0 fully saturated rings. The van der Waals surface area contributed by atoms with E-state index in [1.54, 1.807) is 24.5 Å². The largest absolute Gasteiger partial charge is 0.296 e. The molecule has 0 bridgehead atoms. The van der Waals surface area contributed by atoms with E-state index < -0.39 is 0 Å². The maximum absolute atomic E-state index is 12.8. The molecule has 0 unspecified atom stereocenters. The summed E-state index contributed by atoms with van der Waals surface area (Å²) in [6.07, 6.45) is 4.77. The highest BCUT2D eigenvalue weighted by atomic mass is 32.1. The summed E-state index contributed by atoms with van der Waals surface area (Å²) in [5.74, 6) is 0.412. The number of aromatic nitrogens is 6. The topological polar surface area (TPSA) is 98.5 Å². The van der Waals surface area contributed by atoms with Crippen LogP contribution in [0.5, 0.6) is 0 Å². The highest BCUT2D eigenvalue weighted by Gasteiger charge is 2.20. The number of thiazole rings is 1. The van der Waals surface area contributed by atoms with Gasteiger partial charge in [-0.25, -0.2) is 9.97 Å². The van der Waals surface area contributed by atoms with Crippen LogP contribution in [0.4, 0.5) is 5.13 Å². The lowest BCUT2D eigenvalue weighted by Gasteiger charge is -2.04. The summed E-state index contributed by atoms with van der Waals surface area (Å²) in [4.78, 5) is 27.1. The van der Waals surface area contributed by atoms with Gasteiger partial charge in [0, 0.05) is 17.3 Å². The molecule has 0 aliphatic carbocycles. The Bertz CT molecular complexity index is 1090. The number of hydrogen-bond donors (Lipinski definition) is 1. The molecule has 140 valence electrons. The quantitative estimate of drug-likeness (QED) is 0.558. The van der Waals surface area contributed by atoms with Crippen LogP contribution in [-0.2, 0) is 0 Å². The van der Waals surface area contributed by atoms with Crippen LogP contribution in [0.1, 0.15) is 35.1 Å². The van der Waals surface area contributed by atoms with Gasteiger partial charge >= 0.3 is 0 Å². The second kappa shape index (κ2) is 7.65. The molecule has 0 spiro atoms. The van der Waals surface area contributed by atoms with Gasteiger partial charge in [-0.15, -0.1) is 16.4 Å². The van der Waals surface area contributed by atoms with E-state index in [1.807, 2.05) is 24.3 Å². The van der Waals surface area contributed by atoms with Crippen LogP contribution in [0.3, 0.4) is 0 Å². The number of hydrogen-bond acceptors (Lipinski definition) is 7. The van der Waals surface area contributed by atoms with Gasteiger partial charge in [-0.3, -0.25) is 15.1 Å². The van der Waals surface area contributed by atoms with E-state index in [9.17, 15) is 4.79 Å². The van der Waals surface area contributed by atoms with Crippen molar-refractivity contribution < 1.29 is 4.79 Å². The van der Waals surface area contributed by atoms with E-state index in [4.69, 9.17) is 0 Å². The van der Waals surface area contributed by atoms with Crippen molar-refractivity contribution in [3.63, 3.8) is 0 Å². The number of carbonyl (C=O) groups is 1. The van der Waals surface area contributed by atoms with Crippen LogP contribution in [0.25, 0.3) is 17.2 Å². The molecule has 0 saturated carbocycles. The summed E-state index contributed by atoms with van der Waals surface area (Å²) >= 11 is 1.44. The Labute approximate surface area is 165 Å². The molecule has 0 aliphatic rings. The lowest BCUT2D eigenvalue weighted by Crippen LogP contribution is -2.17. The van der Waals surface area contributed by atoms with Gasteiger partial charge in [0.25, 0.3) is 5.91 Å². The molecule has 0 saturated heterocycles. The van der Waals surface area contributed by atoms with Crippen molar-refractivity contribution in [1.29, 1.82) is 0 Å². The van der Waals surface area contributed by atoms with Gasteiger partial charge in [-0.1, -0.05) is 31.2 Å². The summed E-state index contributed by atoms with van der Waals surface area (Å²) in [6, 6.07) is 11.1. The first-order valence-corrected chi connectivity index (χ1v) is 9.50. The Kier molecular flexibility index (Phi) is 4.90. The van der Waals surface area contributed by atoms with Gasteiger partial charge in [-0.05, 0) is 30.2 Å². The molecule has 9 heteroatoms. The molecule has 0 radical (unpaired) electrons. The molecule has 0 atom stereocenters. The Hall–Kier alpha value is -3.46. The van der Waals surface area contributed by atoms with E-state index in [0.29, 0.717) is 10.9 Å². The van der Waals surface area contributed by atoms with E-state index in [1.165, 1.54) is 22.2 Å². The molecule has 4 aromatic heterocycles. The lowest BCUT2D eigenvalue weighted by molar-refractivity contribution is 0.101. The fourth-order valence-corrected chi connectivity index (χ4v) is 3.63. The number of nitrogens with one attached hydrogen (secondary N) is 1. The molecule has 8 nitrogen and oxygen atoms in total. The van der Waals surface area contributed by atoms with Crippen LogP contribution in [0.2, 0.25) is 0 Å². The maximum atomic E-state index is 12.8. The SMILES string of the molecule is CC(C)c1sc(NC(=O)c2cnnn2-c2ccccn2)nc1-c1ccccn1. The predicted octanol–water partition coefficient (Wildman–Crippen LogP) is 3.56. The van der Waals surface area contributed by atoms with Crippen LogP contribution < -0.4 is 5.32 Å². The molecule has 4 heterocycles. The first-order valence-electron chi connectivity index (χ1n) is 8.69. The van der Waals surface area contributed by atoms with Crippen LogP contribution >= 0.6 is 11.3 Å². The number of carbonyl (C=O) groups excluding carboxylic acids is 1. The number of rotatable bonds is 5. The third-order valence-corrected chi connectivity index (χ3v) is 5.23. The minimum Gasteiger partial charge on any atom is -0.296 e. The maximum Gasteiger partial charge on any atom is 0.277 e. The monoisotopic (exact) mass is 391 g/mol. The lowest BCUT2D eigenvalue weighted by atomic mass is 10.1. The molecule has 0 aromatic carbocycles. The van der Waals surface area contributed by atoms with Crippen molar-refractivity contribution in [1.82, 2.24) is 29.9 Å².